The molecular weight excluding hydrogens is 388 g/mol. The number of nitrogens with zero attached hydrogens (tertiary/aromatic N) is 1. The Bertz CT molecular complexity index is 490. The van der Waals surface area contributed by atoms with E-state index in [2.05, 4.69) is 27.7 Å². The zero-order valence-electron chi connectivity index (χ0n) is 15.8. The Morgan fingerprint density at radius 2 is 1.15 bits per heavy atom. The van der Waals surface area contributed by atoms with Gasteiger partial charge < -0.3 is 9.04 Å². The van der Waals surface area contributed by atoms with E-state index < -0.39 is 40.1 Å². The summed E-state index contributed by atoms with van der Waals surface area (Å²) in [7, 11) is -6.88. The molecule has 0 atom stereocenters. The Kier molecular flexibility index (Phi) is 10.8. The summed E-state index contributed by atoms with van der Waals surface area (Å²) >= 11 is 0. The maximum Gasteiger partial charge on any atom is 0.402 e. The van der Waals surface area contributed by atoms with Crippen molar-refractivity contribution in [1.82, 2.24) is 0 Å². The molecule has 0 aliphatic heterocycles. The van der Waals surface area contributed by atoms with Crippen LogP contribution in [0.2, 0.25) is 0 Å². The minimum atomic E-state index is -6.88. The molecular formula is C15H29F6NO3S. The maximum absolute atomic E-state index is 12.8. The Morgan fingerprint density at radius 3 is 1.35 bits per heavy atom. The van der Waals surface area contributed by atoms with Crippen molar-refractivity contribution in [2.24, 2.45) is 0 Å². The largest absolute Gasteiger partial charge is 0.743 e. The topological polar surface area (TPSA) is 57.2 Å². The van der Waals surface area contributed by atoms with Gasteiger partial charge in [0.2, 0.25) is 0 Å². The Hall–Kier alpha value is -0.550. The van der Waals surface area contributed by atoms with Gasteiger partial charge in [-0.1, -0.05) is 13.3 Å². The predicted octanol–water partition coefficient (Wildman–Crippen LogP) is 4.47. The van der Waals surface area contributed by atoms with Crippen molar-refractivity contribution in [2.45, 2.75) is 71.0 Å². The first kappa shape index (κ1) is 27.7. The summed E-state index contributed by atoms with van der Waals surface area (Å²) in [5.41, 5.74) is 0. The van der Waals surface area contributed by atoms with Gasteiger partial charge in [0.1, 0.15) is 0 Å². The number of unbranched alkanes of at least 4 members (excludes halogenated alkanes) is 1. The summed E-state index contributed by atoms with van der Waals surface area (Å²) in [6, 6.07) is 0. The summed E-state index contributed by atoms with van der Waals surface area (Å²) in [5.74, 6) is -11.5. The average Bonchev–Trinajstić information content (AvgIpc) is 2.55. The van der Waals surface area contributed by atoms with Gasteiger partial charge in [0, 0.05) is 6.42 Å². The fourth-order valence-corrected chi connectivity index (χ4v) is 2.73. The van der Waals surface area contributed by atoms with E-state index in [1.165, 1.54) is 37.6 Å². The second kappa shape index (κ2) is 10.1. The van der Waals surface area contributed by atoms with Crippen LogP contribution < -0.4 is 0 Å². The van der Waals surface area contributed by atoms with E-state index in [0.29, 0.717) is 0 Å². The fourth-order valence-electron chi connectivity index (χ4n) is 2.27. The van der Waals surface area contributed by atoms with E-state index in [-0.39, 0.29) is 6.42 Å². The van der Waals surface area contributed by atoms with Crippen molar-refractivity contribution in [1.29, 1.82) is 0 Å². The lowest BCUT2D eigenvalue weighted by molar-refractivity contribution is -0.921. The van der Waals surface area contributed by atoms with Crippen LogP contribution in [0.5, 0.6) is 0 Å². The van der Waals surface area contributed by atoms with Crippen LogP contribution in [0.15, 0.2) is 0 Å². The molecule has 0 aromatic carbocycles. The lowest BCUT2D eigenvalue weighted by Gasteiger charge is -2.34. The molecule has 11 heteroatoms. The maximum atomic E-state index is 12.8. The van der Waals surface area contributed by atoms with Crippen molar-refractivity contribution < 1.29 is 43.8 Å². The molecule has 0 spiro atoms. The number of alkyl halides is 6. The highest BCUT2D eigenvalue weighted by Gasteiger charge is 2.74. The van der Waals surface area contributed by atoms with Gasteiger partial charge in [-0.05, 0) is 34.1 Å². The van der Waals surface area contributed by atoms with Gasteiger partial charge in [-0.3, -0.25) is 0 Å². The third-order valence-electron chi connectivity index (χ3n) is 4.67. The van der Waals surface area contributed by atoms with Crippen LogP contribution >= 0.6 is 0 Å². The molecule has 0 aromatic heterocycles. The minimum Gasteiger partial charge on any atom is -0.743 e. The smallest absolute Gasteiger partial charge is 0.402 e. The van der Waals surface area contributed by atoms with Crippen LogP contribution in [0.1, 0.15) is 53.9 Å². The molecule has 0 heterocycles. The lowest BCUT2D eigenvalue weighted by Crippen LogP contribution is -2.57. The average molecular weight is 417 g/mol. The van der Waals surface area contributed by atoms with Gasteiger partial charge in [0.25, 0.3) is 0 Å². The molecule has 0 saturated carbocycles. The van der Waals surface area contributed by atoms with Gasteiger partial charge in [-0.15, -0.1) is 0 Å². The lowest BCUT2D eigenvalue weighted by atomic mass is 10.1. The van der Waals surface area contributed by atoms with Crippen molar-refractivity contribution >= 4 is 10.1 Å². The highest BCUT2D eigenvalue weighted by atomic mass is 32.2. The molecule has 0 bridgehead atoms. The van der Waals surface area contributed by atoms with E-state index in [4.69, 9.17) is 0 Å². The first-order chi connectivity index (χ1) is 11.6. The van der Waals surface area contributed by atoms with Gasteiger partial charge in [-0.2, -0.15) is 26.3 Å². The molecule has 0 unspecified atom stereocenters. The zero-order valence-corrected chi connectivity index (χ0v) is 16.6. The highest BCUT2D eigenvalue weighted by Crippen LogP contribution is 2.49. The molecule has 0 fully saturated rings. The molecule has 26 heavy (non-hydrogen) atoms. The second-order valence-corrected chi connectivity index (χ2v) is 7.38. The molecule has 0 aliphatic rings. The Morgan fingerprint density at radius 1 is 0.808 bits per heavy atom. The molecule has 0 saturated heterocycles. The molecule has 4 nitrogen and oxygen atoms in total. The standard InChI is InChI=1S/C8H20N.C7H10F6O3S/c1-5-9(6-2,7-3)8-4;1-2-3-4-5(8,9)6(10,11)7(12,13)17(14,15)16/h5-8H2,1-4H3;2-4H2,1H3,(H,14,15,16)/q+1;/p-1. The van der Waals surface area contributed by atoms with Gasteiger partial charge >= 0.3 is 17.1 Å². The molecule has 0 aliphatic carbocycles. The van der Waals surface area contributed by atoms with Crippen LogP contribution in [-0.4, -0.2) is 60.7 Å². The van der Waals surface area contributed by atoms with Crippen LogP contribution in [0.3, 0.4) is 0 Å². The second-order valence-electron chi connectivity index (χ2n) is 5.96. The first-order valence-electron chi connectivity index (χ1n) is 8.49. The number of halogens is 6. The third-order valence-corrected chi connectivity index (χ3v) is 5.55. The number of hydrogen-bond donors (Lipinski definition) is 0. The molecule has 0 amide bonds. The number of quaternary nitrogens is 1. The molecule has 0 aromatic rings. The van der Waals surface area contributed by atoms with Crippen LogP contribution in [0.25, 0.3) is 0 Å². The summed E-state index contributed by atoms with van der Waals surface area (Å²) in [6.07, 6.45) is -2.14. The fraction of sp³-hybridized carbons (Fsp3) is 1.00. The Labute approximate surface area is 151 Å². The van der Waals surface area contributed by atoms with Crippen LogP contribution in [0, 0.1) is 0 Å². The van der Waals surface area contributed by atoms with E-state index in [1.807, 2.05) is 0 Å². The molecule has 0 radical (unpaired) electrons. The predicted molar refractivity (Wildman–Crippen MR) is 86.5 cm³/mol. The van der Waals surface area contributed by atoms with Crippen LogP contribution in [0.4, 0.5) is 26.3 Å². The summed E-state index contributed by atoms with van der Waals surface area (Å²) in [6.45, 7) is 15.6. The molecule has 160 valence electrons. The SMILES string of the molecule is CCCCC(F)(F)C(F)(F)C(F)(F)S(=O)(=O)[O-].CC[N+](CC)(CC)CC. The number of rotatable bonds is 10. The Balaban J connectivity index is 0. The van der Waals surface area contributed by atoms with E-state index >= 15 is 0 Å². The normalized spacial score (nSPS) is 14.0. The van der Waals surface area contributed by atoms with E-state index in [9.17, 15) is 39.3 Å². The van der Waals surface area contributed by atoms with Crippen LogP contribution in [-0.2, 0) is 10.1 Å². The molecule has 0 N–H and O–H groups in total. The minimum absolute atomic E-state index is 0.0152. The van der Waals surface area contributed by atoms with E-state index in [0.717, 1.165) is 0 Å². The quantitative estimate of drug-likeness (QED) is 0.299. The number of hydrogen-bond acceptors (Lipinski definition) is 3. The van der Waals surface area contributed by atoms with Crippen molar-refractivity contribution in [3.8, 4) is 0 Å². The first-order valence-corrected chi connectivity index (χ1v) is 9.90. The van der Waals surface area contributed by atoms with Crippen molar-refractivity contribution in [3.63, 3.8) is 0 Å². The summed E-state index contributed by atoms with van der Waals surface area (Å²) in [5, 5.41) is -6.35. The van der Waals surface area contributed by atoms with Gasteiger partial charge in [-0.25, -0.2) is 8.42 Å². The highest BCUT2D eigenvalue weighted by molar-refractivity contribution is 7.86. The summed E-state index contributed by atoms with van der Waals surface area (Å²) < 4.78 is 107. The molecule has 0 rings (SSSR count). The monoisotopic (exact) mass is 417 g/mol. The van der Waals surface area contributed by atoms with Gasteiger partial charge in [0.05, 0.1) is 26.2 Å². The van der Waals surface area contributed by atoms with Crippen molar-refractivity contribution in [2.75, 3.05) is 26.2 Å². The third kappa shape index (κ3) is 6.26. The van der Waals surface area contributed by atoms with E-state index in [1.54, 1.807) is 0 Å². The zero-order chi connectivity index (χ0) is 21.4. The summed E-state index contributed by atoms with van der Waals surface area (Å²) in [4.78, 5) is 0. The van der Waals surface area contributed by atoms with Crippen molar-refractivity contribution in [3.05, 3.63) is 0 Å². The van der Waals surface area contributed by atoms with Gasteiger partial charge in [0.15, 0.2) is 10.1 Å².